The first kappa shape index (κ1) is 17.6. The number of esters is 1. The van der Waals surface area contributed by atoms with Gasteiger partial charge in [-0.25, -0.2) is 4.98 Å². The van der Waals surface area contributed by atoms with Crippen LogP contribution >= 0.6 is 11.3 Å². The Balaban J connectivity index is 1.50. The van der Waals surface area contributed by atoms with Crippen LogP contribution in [0.3, 0.4) is 0 Å². The number of aromatic amines is 1. The number of rotatable bonds is 3. The van der Waals surface area contributed by atoms with Crippen molar-refractivity contribution in [3.05, 3.63) is 62.0 Å². The summed E-state index contributed by atoms with van der Waals surface area (Å²) in [6.07, 6.45) is 3.72. The van der Waals surface area contributed by atoms with E-state index in [0.29, 0.717) is 25.3 Å². The molecule has 5 rings (SSSR count). The molecule has 3 aromatic rings. The van der Waals surface area contributed by atoms with Crippen LogP contribution in [-0.2, 0) is 41.9 Å². The number of ether oxygens (including phenoxy) is 1. The molecule has 0 unspecified atom stereocenters. The normalized spacial score (nSPS) is 18.8. The van der Waals surface area contributed by atoms with E-state index in [2.05, 4.69) is 17.1 Å². The second kappa shape index (κ2) is 6.83. The fourth-order valence-corrected chi connectivity index (χ4v) is 5.71. The van der Waals surface area contributed by atoms with Crippen molar-refractivity contribution in [2.45, 2.75) is 44.8 Å². The van der Waals surface area contributed by atoms with Crippen LogP contribution in [0.5, 0.6) is 0 Å². The Hall–Kier alpha value is -2.51. The minimum Gasteiger partial charge on any atom is -0.468 e. The maximum absolute atomic E-state index is 12.7. The summed E-state index contributed by atoms with van der Waals surface area (Å²) in [5.74, 6) is 0.346. The first-order valence-corrected chi connectivity index (χ1v) is 10.4. The molecule has 0 fully saturated rings. The maximum atomic E-state index is 12.7. The van der Waals surface area contributed by atoms with Gasteiger partial charge in [0.05, 0.1) is 19.0 Å². The van der Waals surface area contributed by atoms with Crippen LogP contribution in [0.25, 0.3) is 10.2 Å². The summed E-state index contributed by atoms with van der Waals surface area (Å²) in [5, 5.41) is 0.759. The molecule has 1 atom stereocenters. The fourth-order valence-electron chi connectivity index (χ4n) is 4.43. The average Bonchev–Trinajstić information content (AvgIpc) is 3.27. The first-order valence-electron chi connectivity index (χ1n) is 9.56. The molecule has 1 aliphatic carbocycles. The van der Waals surface area contributed by atoms with Crippen molar-refractivity contribution in [2.24, 2.45) is 0 Å². The van der Waals surface area contributed by atoms with Crippen molar-refractivity contribution < 1.29 is 9.53 Å². The van der Waals surface area contributed by atoms with Crippen LogP contribution in [0.15, 0.2) is 29.1 Å². The summed E-state index contributed by atoms with van der Waals surface area (Å²) >= 11 is 1.64. The largest absolute Gasteiger partial charge is 0.468 e. The minimum absolute atomic E-state index is 0.0635. The number of carbonyl (C=O) groups is 1. The highest BCUT2D eigenvalue weighted by atomic mass is 32.1. The molecule has 7 heteroatoms. The molecule has 28 heavy (non-hydrogen) atoms. The second-order valence-corrected chi connectivity index (χ2v) is 8.55. The van der Waals surface area contributed by atoms with Crippen LogP contribution in [0.2, 0.25) is 0 Å². The highest BCUT2D eigenvalue weighted by Crippen LogP contribution is 2.34. The maximum Gasteiger partial charge on any atom is 0.323 e. The lowest BCUT2D eigenvalue weighted by molar-refractivity contribution is -0.148. The molecule has 144 valence electrons. The van der Waals surface area contributed by atoms with Gasteiger partial charge in [0.25, 0.3) is 5.56 Å². The van der Waals surface area contributed by atoms with Gasteiger partial charge in [-0.1, -0.05) is 24.3 Å². The third-order valence-electron chi connectivity index (χ3n) is 5.80. The summed E-state index contributed by atoms with van der Waals surface area (Å²) < 4.78 is 5.04. The molecule has 0 radical (unpaired) electrons. The van der Waals surface area contributed by atoms with Crippen molar-refractivity contribution in [1.82, 2.24) is 14.9 Å². The number of carbonyl (C=O) groups excluding carboxylic acids is 1. The number of hydrogen-bond donors (Lipinski definition) is 1. The monoisotopic (exact) mass is 395 g/mol. The predicted molar refractivity (Wildman–Crippen MR) is 107 cm³/mol. The molecule has 3 heterocycles. The molecule has 0 saturated carbocycles. The highest BCUT2D eigenvalue weighted by molar-refractivity contribution is 7.18. The van der Waals surface area contributed by atoms with E-state index in [-0.39, 0.29) is 17.6 Å². The van der Waals surface area contributed by atoms with E-state index in [1.54, 1.807) is 11.3 Å². The predicted octanol–water partition coefficient (Wildman–Crippen LogP) is 2.57. The summed E-state index contributed by atoms with van der Waals surface area (Å²) in [7, 11) is 1.42. The highest BCUT2D eigenvalue weighted by Gasteiger charge is 2.33. The van der Waals surface area contributed by atoms with Gasteiger partial charge in [0, 0.05) is 11.4 Å². The fraction of sp³-hybridized carbons (Fsp3) is 0.381. The van der Waals surface area contributed by atoms with Gasteiger partial charge in [0.1, 0.15) is 16.7 Å². The Morgan fingerprint density at radius 1 is 1.32 bits per heavy atom. The number of hydrogen-bond acceptors (Lipinski definition) is 6. The van der Waals surface area contributed by atoms with Crippen LogP contribution < -0.4 is 5.56 Å². The molecule has 0 bridgehead atoms. The van der Waals surface area contributed by atoms with Gasteiger partial charge in [0.2, 0.25) is 0 Å². The molecular weight excluding hydrogens is 374 g/mol. The molecule has 2 aromatic heterocycles. The van der Waals surface area contributed by atoms with Gasteiger partial charge in [-0.2, -0.15) is 0 Å². The van der Waals surface area contributed by atoms with Gasteiger partial charge < -0.3 is 9.72 Å². The molecule has 6 nitrogen and oxygen atoms in total. The van der Waals surface area contributed by atoms with Crippen LogP contribution in [-0.4, -0.2) is 34.0 Å². The topological polar surface area (TPSA) is 75.3 Å². The van der Waals surface area contributed by atoms with E-state index in [4.69, 9.17) is 9.72 Å². The Bertz CT molecular complexity index is 1130. The van der Waals surface area contributed by atoms with E-state index in [0.717, 1.165) is 29.5 Å². The van der Waals surface area contributed by atoms with Gasteiger partial charge in [-0.05, 0) is 42.4 Å². The number of fused-ring (bicyclic) bond motifs is 4. The Morgan fingerprint density at radius 3 is 2.96 bits per heavy atom. The van der Waals surface area contributed by atoms with E-state index in [1.165, 1.54) is 28.7 Å². The van der Waals surface area contributed by atoms with Crippen molar-refractivity contribution in [1.29, 1.82) is 0 Å². The molecule has 0 saturated heterocycles. The molecule has 1 aliphatic heterocycles. The number of aryl methyl sites for hydroxylation is 2. The van der Waals surface area contributed by atoms with Crippen molar-refractivity contribution in [3.8, 4) is 0 Å². The smallest absolute Gasteiger partial charge is 0.323 e. The van der Waals surface area contributed by atoms with Crippen LogP contribution in [0.1, 0.15) is 33.8 Å². The minimum atomic E-state index is -0.380. The molecule has 0 amide bonds. The van der Waals surface area contributed by atoms with Gasteiger partial charge >= 0.3 is 5.97 Å². The summed E-state index contributed by atoms with van der Waals surface area (Å²) in [6.45, 7) is 1.03. The number of H-pyrrole nitrogens is 1. The van der Waals surface area contributed by atoms with E-state index >= 15 is 0 Å². The zero-order valence-electron chi connectivity index (χ0n) is 15.7. The lowest BCUT2D eigenvalue weighted by Gasteiger charge is -2.34. The zero-order valence-corrected chi connectivity index (χ0v) is 16.5. The standard InChI is InChI=1S/C21H21N3O3S/c1-27-21(26)15-9-12-5-2-3-6-13(12)10-24(15)11-17-22-19(25)18-14-7-4-8-16(14)28-20(18)23-17/h2-3,5-6,15H,4,7-11H2,1H3,(H,22,23,25)/t15-/m0/s1. The third-order valence-corrected chi connectivity index (χ3v) is 6.98. The Morgan fingerprint density at radius 2 is 2.14 bits per heavy atom. The SMILES string of the molecule is COC(=O)[C@@H]1Cc2ccccc2CN1Cc1nc2sc3c(c2c(=O)[nH]1)CCC3. The van der Waals surface area contributed by atoms with Crippen LogP contribution in [0, 0.1) is 0 Å². The number of thiophene rings is 1. The van der Waals surface area contributed by atoms with Gasteiger partial charge in [0.15, 0.2) is 0 Å². The molecule has 0 spiro atoms. The van der Waals surface area contributed by atoms with E-state index in [1.807, 2.05) is 17.0 Å². The molecule has 2 aliphatic rings. The Kier molecular flexibility index (Phi) is 4.29. The summed E-state index contributed by atoms with van der Waals surface area (Å²) in [6, 6.07) is 7.76. The molecule has 1 aromatic carbocycles. The van der Waals surface area contributed by atoms with Gasteiger partial charge in [-0.15, -0.1) is 11.3 Å². The Labute approximate surface area is 166 Å². The van der Waals surface area contributed by atoms with Crippen molar-refractivity contribution >= 4 is 27.5 Å². The number of benzene rings is 1. The lowest BCUT2D eigenvalue weighted by atomic mass is 9.94. The van der Waals surface area contributed by atoms with E-state index in [9.17, 15) is 9.59 Å². The lowest BCUT2D eigenvalue weighted by Crippen LogP contribution is -2.46. The van der Waals surface area contributed by atoms with Gasteiger partial charge in [-0.3, -0.25) is 14.5 Å². The zero-order chi connectivity index (χ0) is 19.3. The van der Waals surface area contributed by atoms with Crippen molar-refractivity contribution in [2.75, 3.05) is 7.11 Å². The molecule has 1 N–H and O–H groups in total. The quantitative estimate of drug-likeness (QED) is 0.690. The number of methoxy groups -OCH3 is 1. The van der Waals surface area contributed by atoms with E-state index < -0.39 is 0 Å². The number of aromatic nitrogens is 2. The summed E-state index contributed by atoms with van der Waals surface area (Å²) in [5.41, 5.74) is 3.48. The average molecular weight is 395 g/mol. The summed E-state index contributed by atoms with van der Waals surface area (Å²) in [4.78, 5) is 37.0. The molecular formula is C21H21N3O3S. The van der Waals surface area contributed by atoms with Crippen molar-refractivity contribution in [3.63, 3.8) is 0 Å². The van der Waals surface area contributed by atoms with Crippen LogP contribution in [0.4, 0.5) is 0 Å². The second-order valence-electron chi connectivity index (χ2n) is 7.47. The first-order chi connectivity index (χ1) is 13.6. The third kappa shape index (κ3) is 2.86. The number of nitrogens with one attached hydrogen (secondary N) is 1. The number of nitrogens with zero attached hydrogens (tertiary/aromatic N) is 2.